The van der Waals surface area contributed by atoms with Gasteiger partial charge >= 0.3 is 5.97 Å². The number of nitrogens with zero attached hydrogens (tertiary/aromatic N) is 2. The predicted octanol–water partition coefficient (Wildman–Crippen LogP) is 3.79. The van der Waals surface area contributed by atoms with Gasteiger partial charge in [-0.15, -0.1) is 11.3 Å². The Balaban J connectivity index is 2.05. The van der Waals surface area contributed by atoms with Crippen molar-refractivity contribution >= 4 is 33.3 Å². The Morgan fingerprint density at radius 3 is 2.74 bits per heavy atom. The highest BCUT2D eigenvalue weighted by molar-refractivity contribution is 7.19. The molecule has 0 unspecified atom stereocenters. The van der Waals surface area contributed by atoms with Crippen LogP contribution in [0.2, 0.25) is 0 Å². The summed E-state index contributed by atoms with van der Waals surface area (Å²) in [5.41, 5.74) is 1.33. The minimum atomic E-state index is -0.827. The van der Waals surface area contributed by atoms with Crippen LogP contribution >= 0.6 is 11.3 Å². The molecule has 0 fully saturated rings. The van der Waals surface area contributed by atoms with E-state index < -0.39 is 12.0 Å². The first-order chi connectivity index (χ1) is 11.0. The van der Waals surface area contributed by atoms with Crippen molar-refractivity contribution in [3.63, 3.8) is 0 Å². The molecule has 2 aromatic rings. The number of aliphatic carboxylic acids is 1. The second-order valence-electron chi connectivity index (χ2n) is 6.68. The largest absolute Gasteiger partial charge is 0.480 e. The Bertz CT molecular complexity index is 739. The Kier molecular flexibility index (Phi) is 4.53. The van der Waals surface area contributed by atoms with E-state index in [2.05, 4.69) is 15.3 Å². The van der Waals surface area contributed by atoms with Crippen LogP contribution < -0.4 is 5.32 Å². The van der Waals surface area contributed by atoms with Gasteiger partial charge in [0.05, 0.1) is 5.39 Å². The zero-order chi connectivity index (χ0) is 16.6. The molecule has 2 N–H and O–H groups in total. The fraction of sp³-hybridized carbons (Fsp3) is 0.588. The first-order valence-electron chi connectivity index (χ1n) is 8.24. The molecule has 0 aliphatic heterocycles. The summed E-state index contributed by atoms with van der Waals surface area (Å²) in [4.78, 5) is 23.1. The van der Waals surface area contributed by atoms with Crippen LogP contribution in [0.25, 0.3) is 10.2 Å². The summed E-state index contributed by atoms with van der Waals surface area (Å²) in [6, 6.07) is -0.619. The van der Waals surface area contributed by atoms with E-state index in [0.29, 0.717) is 24.0 Å². The fourth-order valence-corrected chi connectivity index (χ4v) is 4.53. The number of fused-ring (bicyclic) bond motifs is 3. The van der Waals surface area contributed by atoms with Crippen molar-refractivity contribution < 1.29 is 9.90 Å². The first kappa shape index (κ1) is 16.2. The van der Waals surface area contributed by atoms with Gasteiger partial charge in [0, 0.05) is 4.88 Å². The number of carboxylic acid groups (broad SMARTS) is 1. The van der Waals surface area contributed by atoms with Gasteiger partial charge in [-0.1, -0.05) is 13.8 Å². The molecule has 0 amide bonds. The maximum Gasteiger partial charge on any atom is 0.326 e. The highest BCUT2D eigenvalue weighted by atomic mass is 32.1. The zero-order valence-electron chi connectivity index (χ0n) is 13.8. The molecule has 23 heavy (non-hydrogen) atoms. The van der Waals surface area contributed by atoms with Crippen molar-refractivity contribution in [1.82, 2.24) is 9.97 Å². The van der Waals surface area contributed by atoms with Gasteiger partial charge < -0.3 is 10.4 Å². The summed E-state index contributed by atoms with van der Waals surface area (Å²) in [7, 11) is 0. The summed E-state index contributed by atoms with van der Waals surface area (Å²) in [5.74, 6) is 0.859. The molecule has 1 atom stereocenters. The van der Waals surface area contributed by atoms with E-state index >= 15 is 0 Å². The van der Waals surface area contributed by atoms with E-state index in [0.717, 1.165) is 23.1 Å². The van der Waals surface area contributed by atoms with E-state index in [1.54, 1.807) is 11.3 Å². The fourth-order valence-electron chi connectivity index (χ4n) is 3.23. The lowest BCUT2D eigenvalue weighted by Crippen LogP contribution is -2.31. The summed E-state index contributed by atoms with van der Waals surface area (Å²) in [6.45, 7) is 5.93. The van der Waals surface area contributed by atoms with Crippen molar-refractivity contribution in [2.45, 2.75) is 58.9 Å². The van der Waals surface area contributed by atoms with Crippen LogP contribution in [0.1, 0.15) is 49.4 Å². The molecule has 6 heteroatoms. The van der Waals surface area contributed by atoms with Gasteiger partial charge in [-0.3, -0.25) is 0 Å². The number of hydrogen-bond acceptors (Lipinski definition) is 5. The molecule has 0 aromatic carbocycles. The second kappa shape index (κ2) is 6.43. The van der Waals surface area contributed by atoms with Gasteiger partial charge in [-0.2, -0.15) is 0 Å². The van der Waals surface area contributed by atoms with Gasteiger partial charge in [0.2, 0.25) is 0 Å². The lowest BCUT2D eigenvalue weighted by atomic mass is 9.96. The van der Waals surface area contributed by atoms with E-state index in [4.69, 9.17) is 0 Å². The summed E-state index contributed by atoms with van der Waals surface area (Å²) >= 11 is 1.74. The number of aryl methyl sites for hydroxylation is 3. The molecular formula is C17H23N3O2S. The van der Waals surface area contributed by atoms with Gasteiger partial charge in [0.1, 0.15) is 22.5 Å². The third-order valence-electron chi connectivity index (χ3n) is 4.24. The summed E-state index contributed by atoms with van der Waals surface area (Å²) in [5, 5.41) is 13.7. The number of thiophene rings is 1. The lowest BCUT2D eigenvalue weighted by molar-refractivity contribution is -0.138. The molecule has 2 heterocycles. The van der Waals surface area contributed by atoms with Crippen molar-refractivity contribution in [2.24, 2.45) is 5.92 Å². The Hall–Kier alpha value is -1.69. The van der Waals surface area contributed by atoms with Crippen molar-refractivity contribution in [1.29, 1.82) is 0 Å². The average Bonchev–Trinajstić information content (AvgIpc) is 2.83. The normalized spacial score (nSPS) is 15.7. The Morgan fingerprint density at radius 2 is 2.04 bits per heavy atom. The minimum Gasteiger partial charge on any atom is -0.480 e. The molecule has 1 aliphatic carbocycles. The number of nitrogens with one attached hydrogen (secondary N) is 1. The SMILES string of the molecule is Cc1nc(N[C@H](CC(C)C)C(=O)O)c2c3c(sc2n1)CCCC3. The molecule has 0 radical (unpaired) electrons. The van der Waals surface area contributed by atoms with Crippen molar-refractivity contribution in [3.05, 3.63) is 16.3 Å². The van der Waals surface area contributed by atoms with E-state index in [-0.39, 0.29) is 0 Å². The average molecular weight is 333 g/mol. The van der Waals surface area contributed by atoms with Gasteiger partial charge in [-0.05, 0) is 50.5 Å². The van der Waals surface area contributed by atoms with Crippen LogP contribution in [-0.4, -0.2) is 27.1 Å². The van der Waals surface area contributed by atoms with Crippen LogP contribution in [0, 0.1) is 12.8 Å². The summed E-state index contributed by atoms with van der Waals surface area (Å²) < 4.78 is 0. The Morgan fingerprint density at radius 1 is 1.30 bits per heavy atom. The van der Waals surface area contributed by atoms with Crippen LogP contribution in [0.15, 0.2) is 0 Å². The standard InChI is InChI=1S/C17H23N3O2S/c1-9(2)8-12(17(21)22)20-15-14-11-6-4-5-7-13(11)23-16(14)19-10(3)18-15/h9,12H,4-8H2,1-3H3,(H,21,22)(H,18,19,20)/t12-/m1/s1. The summed E-state index contributed by atoms with van der Waals surface area (Å²) in [6.07, 6.45) is 5.12. The van der Waals surface area contributed by atoms with Gasteiger partial charge in [0.15, 0.2) is 0 Å². The third-order valence-corrected chi connectivity index (χ3v) is 5.43. The van der Waals surface area contributed by atoms with Crippen LogP contribution in [0.3, 0.4) is 0 Å². The van der Waals surface area contributed by atoms with Gasteiger partial charge in [-0.25, -0.2) is 14.8 Å². The lowest BCUT2D eigenvalue weighted by Gasteiger charge is -2.19. The smallest absolute Gasteiger partial charge is 0.326 e. The number of carboxylic acids is 1. The Labute approximate surface area is 140 Å². The molecule has 124 valence electrons. The third kappa shape index (κ3) is 3.32. The second-order valence-corrected chi connectivity index (χ2v) is 7.76. The maximum atomic E-state index is 11.6. The highest BCUT2D eigenvalue weighted by Gasteiger charge is 2.24. The molecular weight excluding hydrogens is 310 g/mol. The molecule has 0 bridgehead atoms. The monoisotopic (exact) mass is 333 g/mol. The molecule has 0 saturated carbocycles. The quantitative estimate of drug-likeness (QED) is 0.870. The number of rotatable bonds is 5. The maximum absolute atomic E-state index is 11.6. The number of carbonyl (C=O) groups is 1. The van der Waals surface area contributed by atoms with Crippen LogP contribution in [-0.2, 0) is 17.6 Å². The molecule has 2 aromatic heterocycles. The number of aromatic nitrogens is 2. The number of hydrogen-bond donors (Lipinski definition) is 2. The molecule has 5 nitrogen and oxygen atoms in total. The van der Waals surface area contributed by atoms with E-state index in [1.807, 2.05) is 20.8 Å². The molecule has 1 aliphatic rings. The van der Waals surface area contributed by atoms with Gasteiger partial charge in [0.25, 0.3) is 0 Å². The molecule has 3 rings (SSSR count). The first-order valence-corrected chi connectivity index (χ1v) is 9.05. The zero-order valence-corrected chi connectivity index (χ0v) is 14.7. The van der Waals surface area contributed by atoms with Crippen molar-refractivity contribution in [2.75, 3.05) is 5.32 Å². The molecule has 0 spiro atoms. The van der Waals surface area contributed by atoms with Crippen molar-refractivity contribution in [3.8, 4) is 0 Å². The minimum absolute atomic E-state index is 0.304. The number of anilines is 1. The molecule has 0 saturated heterocycles. The topological polar surface area (TPSA) is 75.1 Å². The van der Waals surface area contributed by atoms with E-state index in [9.17, 15) is 9.90 Å². The van der Waals surface area contributed by atoms with Crippen LogP contribution in [0.5, 0.6) is 0 Å². The highest BCUT2D eigenvalue weighted by Crippen LogP contribution is 2.38. The van der Waals surface area contributed by atoms with Crippen LogP contribution in [0.4, 0.5) is 5.82 Å². The van der Waals surface area contributed by atoms with E-state index in [1.165, 1.54) is 23.3 Å². The predicted molar refractivity (Wildman–Crippen MR) is 93.3 cm³/mol.